The van der Waals surface area contributed by atoms with Crippen molar-refractivity contribution in [2.24, 2.45) is 5.92 Å². The van der Waals surface area contributed by atoms with Crippen molar-refractivity contribution in [2.45, 2.75) is 39.3 Å². The number of hydrogen-bond donors (Lipinski definition) is 1. The summed E-state index contributed by atoms with van der Waals surface area (Å²) in [4.78, 5) is 28.3. The molecule has 0 aliphatic heterocycles. The normalized spacial score (nSPS) is 11.8. The van der Waals surface area contributed by atoms with Gasteiger partial charge < -0.3 is 10.2 Å². The minimum absolute atomic E-state index is 0.0303. The van der Waals surface area contributed by atoms with Gasteiger partial charge in [-0.25, -0.2) is 8.78 Å². The van der Waals surface area contributed by atoms with Crippen LogP contribution in [-0.2, 0) is 29.0 Å². The fourth-order valence-corrected chi connectivity index (χ4v) is 3.67. The second kappa shape index (κ2) is 12.1. The maximum atomic E-state index is 14.5. The van der Waals surface area contributed by atoms with Gasteiger partial charge in [0.05, 0.1) is 6.42 Å². The summed E-state index contributed by atoms with van der Waals surface area (Å²) in [6, 6.07) is 20.5. The molecule has 0 aliphatic rings. The molecule has 1 atom stereocenters. The Morgan fingerprint density at radius 2 is 1.50 bits per heavy atom. The summed E-state index contributed by atoms with van der Waals surface area (Å²) in [6.07, 6.45) is 0.256. The van der Waals surface area contributed by atoms with Crippen LogP contribution in [-0.4, -0.2) is 29.3 Å². The number of rotatable bonds is 10. The van der Waals surface area contributed by atoms with Gasteiger partial charge in [-0.15, -0.1) is 0 Å². The van der Waals surface area contributed by atoms with Gasteiger partial charge in [0.15, 0.2) is 0 Å². The number of nitrogens with zero attached hydrogens (tertiary/aromatic N) is 1. The van der Waals surface area contributed by atoms with E-state index in [0.29, 0.717) is 17.7 Å². The Morgan fingerprint density at radius 1 is 0.853 bits per heavy atom. The predicted molar refractivity (Wildman–Crippen MR) is 129 cm³/mol. The second-order valence-electron chi connectivity index (χ2n) is 8.76. The van der Waals surface area contributed by atoms with Gasteiger partial charge in [0.2, 0.25) is 11.8 Å². The van der Waals surface area contributed by atoms with Crippen LogP contribution in [0.25, 0.3) is 0 Å². The lowest BCUT2D eigenvalue weighted by Crippen LogP contribution is -2.51. The molecule has 0 fully saturated rings. The van der Waals surface area contributed by atoms with E-state index >= 15 is 0 Å². The number of amides is 2. The minimum Gasteiger partial charge on any atom is -0.354 e. The molecule has 1 N–H and O–H groups in total. The molecule has 0 saturated heterocycles. The van der Waals surface area contributed by atoms with E-state index in [2.05, 4.69) is 5.32 Å². The Morgan fingerprint density at radius 3 is 2.15 bits per heavy atom. The highest BCUT2D eigenvalue weighted by Gasteiger charge is 2.31. The third kappa shape index (κ3) is 7.24. The first-order valence-electron chi connectivity index (χ1n) is 11.4. The number of nitrogens with one attached hydrogen (secondary N) is 1. The Bertz CT molecular complexity index is 1090. The molecule has 0 bridgehead atoms. The third-order valence-electron chi connectivity index (χ3n) is 5.52. The van der Waals surface area contributed by atoms with E-state index in [4.69, 9.17) is 0 Å². The summed E-state index contributed by atoms with van der Waals surface area (Å²) in [7, 11) is 0. The lowest BCUT2D eigenvalue weighted by atomic mass is 10.0. The Hall–Kier alpha value is -3.54. The summed E-state index contributed by atoms with van der Waals surface area (Å²) < 4.78 is 27.9. The maximum absolute atomic E-state index is 14.5. The van der Waals surface area contributed by atoms with Crippen molar-refractivity contribution in [3.63, 3.8) is 0 Å². The Balaban J connectivity index is 1.96. The van der Waals surface area contributed by atoms with Gasteiger partial charge in [0.25, 0.3) is 0 Å². The van der Waals surface area contributed by atoms with Gasteiger partial charge in [0, 0.05) is 25.1 Å². The van der Waals surface area contributed by atoms with Crippen molar-refractivity contribution in [3.8, 4) is 0 Å². The van der Waals surface area contributed by atoms with Crippen molar-refractivity contribution in [3.05, 3.63) is 107 Å². The van der Waals surface area contributed by atoms with Crippen LogP contribution in [0.3, 0.4) is 0 Å². The van der Waals surface area contributed by atoms with Gasteiger partial charge in [-0.3, -0.25) is 9.59 Å². The highest BCUT2D eigenvalue weighted by molar-refractivity contribution is 5.88. The van der Waals surface area contributed by atoms with Crippen LogP contribution in [0.15, 0.2) is 78.9 Å². The molecule has 3 aromatic rings. The molecule has 3 rings (SSSR count). The molecule has 4 nitrogen and oxygen atoms in total. The summed E-state index contributed by atoms with van der Waals surface area (Å²) in [5, 5.41) is 2.93. The summed E-state index contributed by atoms with van der Waals surface area (Å²) in [5.41, 5.74) is 1.83. The molecule has 0 unspecified atom stereocenters. The van der Waals surface area contributed by atoms with Gasteiger partial charge in [0.1, 0.15) is 17.7 Å². The minimum atomic E-state index is -0.839. The van der Waals surface area contributed by atoms with Crippen LogP contribution in [0, 0.1) is 17.6 Å². The largest absolute Gasteiger partial charge is 0.354 e. The number of benzene rings is 3. The van der Waals surface area contributed by atoms with Crippen LogP contribution in [0.5, 0.6) is 0 Å². The zero-order chi connectivity index (χ0) is 24.5. The molecule has 0 saturated carbocycles. The van der Waals surface area contributed by atoms with Crippen molar-refractivity contribution in [1.82, 2.24) is 10.2 Å². The maximum Gasteiger partial charge on any atom is 0.243 e. The lowest BCUT2D eigenvalue weighted by molar-refractivity contribution is -0.140. The molecule has 6 heteroatoms. The number of hydrogen-bond acceptors (Lipinski definition) is 2. The first-order valence-corrected chi connectivity index (χ1v) is 11.4. The number of carbonyl (C=O) groups excluding carboxylic acids is 2. The fourth-order valence-electron chi connectivity index (χ4n) is 3.67. The van der Waals surface area contributed by atoms with Crippen molar-refractivity contribution in [2.75, 3.05) is 6.54 Å². The van der Waals surface area contributed by atoms with Gasteiger partial charge in [-0.05, 0) is 35.2 Å². The molecule has 0 aliphatic carbocycles. The van der Waals surface area contributed by atoms with Crippen LogP contribution in [0.1, 0.15) is 30.5 Å². The first kappa shape index (κ1) is 25.1. The molecule has 0 radical (unpaired) electrons. The molecule has 0 heterocycles. The quantitative estimate of drug-likeness (QED) is 0.463. The number of halogens is 2. The van der Waals surface area contributed by atoms with Gasteiger partial charge in [-0.2, -0.15) is 0 Å². The molecule has 3 aromatic carbocycles. The van der Waals surface area contributed by atoms with Crippen molar-refractivity contribution in [1.29, 1.82) is 0 Å². The molecule has 2 amide bonds. The Labute approximate surface area is 199 Å². The molecular weight excluding hydrogens is 434 g/mol. The topological polar surface area (TPSA) is 49.4 Å². The van der Waals surface area contributed by atoms with Crippen molar-refractivity contribution >= 4 is 11.8 Å². The van der Waals surface area contributed by atoms with E-state index in [9.17, 15) is 18.4 Å². The average molecular weight is 465 g/mol. The molecular formula is C28H30F2N2O2. The third-order valence-corrected chi connectivity index (χ3v) is 5.52. The van der Waals surface area contributed by atoms with E-state index in [1.54, 1.807) is 30.3 Å². The summed E-state index contributed by atoms with van der Waals surface area (Å²) >= 11 is 0. The second-order valence-corrected chi connectivity index (χ2v) is 8.76. The van der Waals surface area contributed by atoms with E-state index < -0.39 is 17.7 Å². The van der Waals surface area contributed by atoms with Crippen LogP contribution < -0.4 is 5.32 Å². The molecule has 178 valence electrons. The highest BCUT2D eigenvalue weighted by Crippen LogP contribution is 2.18. The molecule has 0 spiro atoms. The van der Waals surface area contributed by atoms with E-state index in [1.807, 2.05) is 44.2 Å². The number of carbonyl (C=O) groups is 2. The first-order chi connectivity index (χ1) is 16.3. The van der Waals surface area contributed by atoms with E-state index in [0.717, 1.165) is 5.56 Å². The zero-order valence-electron chi connectivity index (χ0n) is 19.5. The summed E-state index contributed by atoms with van der Waals surface area (Å²) in [5.74, 6) is -1.23. The fraction of sp³-hybridized carbons (Fsp3) is 0.286. The van der Waals surface area contributed by atoms with E-state index in [-0.39, 0.29) is 37.1 Å². The van der Waals surface area contributed by atoms with Crippen LogP contribution >= 0.6 is 0 Å². The lowest BCUT2D eigenvalue weighted by Gasteiger charge is -2.32. The standard InChI is InChI=1S/C28H30F2N2O2/c1-20(2)18-31-28(34)26(16-21-8-4-3-5-9-21)32(19-23-10-6-7-11-25(23)30)27(33)17-22-12-14-24(29)15-13-22/h3-15,20,26H,16-19H2,1-2H3,(H,31,34)/t26-/m0/s1. The monoisotopic (exact) mass is 464 g/mol. The highest BCUT2D eigenvalue weighted by atomic mass is 19.1. The molecule has 34 heavy (non-hydrogen) atoms. The summed E-state index contributed by atoms with van der Waals surface area (Å²) in [6.45, 7) is 4.38. The van der Waals surface area contributed by atoms with Crippen LogP contribution in [0.2, 0.25) is 0 Å². The van der Waals surface area contributed by atoms with Gasteiger partial charge >= 0.3 is 0 Å². The van der Waals surface area contributed by atoms with Crippen LogP contribution in [0.4, 0.5) is 8.78 Å². The molecule has 0 aromatic heterocycles. The smallest absolute Gasteiger partial charge is 0.243 e. The van der Waals surface area contributed by atoms with Crippen molar-refractivity contribution < 1.29 is 18.4 Å². The predicted octanol–water partition coefficient (Wildman–Crippen LogP) is 4.92. The van der Waals surface area contributed by atoms with Gasteiger partial charge in [-0.1, -0.05) is 74.5 Å². The average Bonchev–Trinajstić information content (AvgIpc) is 2.83. The van der Waals surface area contributed by atoms with E-state index in [1.165, 1.54) is 23.1 Å². The SMILES string of the molecule is CC(C)CNC(=O)[C@H](Cc1ccccc1)N(Cc1ccccc1F)C(=O)Cc1ccc(F)cc1. The Kier molecular flexibility index (Phi) is 8.91. The zero-order valence-corrected chi connectivity index (χ0v) is 19.5.